The number of rotatable bonds is 7. The second-order valence-corrected chi connectivity index (χ2v) is 6.92. The lowest BCUT2D eigenvalue weighted by atomic mass is 10.2. The van der Waals surface area contributed by atoms with Gasteiger partial charge in [-0.3, -0.25) is 9.89 Å². The lowest BCUT2D eigenvalue weighted by molar-refractivity contribution is -0.0679. The highest BCUT2D eigenvalue weighted by molar-refractivity contribution is 14.0. The van der Waals surface area contributed by atoms with Gasteiger partial charge in [-0.25, -0.2) is 4.98 Å². The summed E-state index contributed by atoms with van der Waals surface area (Å²) < 4.78 is 5.77. The molecule has 2 atom stereocenters. The predicted molar refractivity (Wildman–Crippen MR) is 119 cm³/mol. The lowest BCUT2D eigenvalue weighted by Gasteiger charge is -2.35. The highest BCUT2D eigenvalue weighted by Gasteiger charge is 2.21. The highest BCUT2D eigenvalue weighted by Crippen LogP contribution is 2.10. The maximum Gasteiger partial charge on any atom is 0.190 e. The van der Waals surface area contributed by atoms with Crippen molar-refractivity contribution >= 4 is 41.5 Å². The molecule has 1 aromatic heterocycles. The van der Waals surface area contributed by atoms with Crippen molar-refractivity contribution in [3.05, 3.63) is 29.0 Å². The summed E-state index contributed by atoms with van der Waals surface area (Å²) in [5, 5.41) is 7.23. The second-order valence-electron chi connectivity index (χ2n) is 6.54. The smallest absolute Gasteiger partial charge is 0.190 e. The first-order valence-electron chi connectivity index (χ1n) is 8.99. The molecule has 148 valence electrons. The van der Waals surface area contributed by atoms with Gasteiger partial charge in [0, 0.05) is 46.0 Å². The van der Waals surface area contributed by atoms with Crippen LogP contribution in [0.3, 0.4) is 0 Å². The van der Waals surface area contributed by atoms with Gasteiger partial charge in [-0.2, -0.15) is 0 Å². The molecule has 8 heteroatoms. The highest BCUT2D eigenvalue weighted by atomic mass is 127. The molecule has 1 aliphatic heterocycles. The van der Waals surface area contributed by atoms with Crippen LogP contribution in [0.4, 0.5) is 0 Å². The molecule has 0 amide bonds. The molecule has 1 saturated heterocycles. The first-order chi connectivity index (χ1) is 12.1. The summed E-state index contributed by atoms with van der Waals surface area (Å²) in [5.74, 6) is 0.839. The van der Waals surface area contributed by atoms with E-state index in [4.69, 9.17) is 16.3 Å². The lowest BCUT2D eigenvalue weighted by Crippen LogP contribution is -2.46. The van der Waals surface area contributed by atoms with Crippen LogP contribution in [0.2, 0.25) is 5.15 Å². The molecule has 0 saturated carbocycles. The summed E-state index contributed by atoms with van der Waals surface area (Å²) in [6.07, 6.45) is 4.43. The second kappa shape index (κ2) is 12.7. The topological polar surface area (TPSA) is 61.8 Å². The van der Waals surface area contributed by atoms with E-state index in [1.807, 2.05) is 18.3 Å². The number of aliphatic imine (C=N–C) groups is 1. The molecule has 0 aliphatic carbocycles. The van der Waals surface area contributed by atoms with Gasteiger partial charge in [0.1, 0.15) is 5.15 Å². The zero-order chi connectivity index (χ0) is 18.1. The summed E-state index contributed by atoms with van der Waals surface area (Å²) in [6.45, 7) is 9.12. The SMILES string of the molecule is CN=C(NCCCN1CC(C)OC(C)C1)NCCc1ccc(Cl)nc1.I. The molecule has 26 heavy (non-hydrogen) atoms. The van der Waals surface area contributed by atoms with E-state index in [-0.39, 0.29) is 24.0 Å². The van der Waals surface area contributed by atoms with Gasteiger partial charge in [0.25, 0.3) is 0 Å². The minimum Gasteiger partial charge on any atom is -0.373 e. The average molecular weight is 496 g/mol. The zero-order valence-electron chi connectivity index (χ0n) is 15.9. The largest absolute Gasteiger partial charge is 0.373 e. The van der Waals surface area contributed by atoms with Gasteiger partial charge in [-0.15, -0.1) is 24.0 Å². The Labute approximate surface area is 179 Å². The molecule has 0 aromatic carbocycles. The van der Waals surface area contributed by atoms with Crippen molar-refractivity contribution in [3.63, 3.8) is 0 Å². The molecule has 0 spiro atoms. The van der Waals surface area contributed by atoms with Crippen molar-refractivity contribution in [2.24, 2.45) is 4.99 Å². The third-order valence-electron chi connectivity index (χ3n) is 4.16. The minimum absolute atomic E-state index is 0. The number of pyridine rings is 1. The van der Waals surface area contributed by atoms with E-state index in [0.29, 0.717) is 17.4 Å². The van der Waals surface area contributed by atoms with E-state index < -0.39 is 0 Å². The van der Waals surface area contributed by atoms with Gasteiger partial charge in [-0.1, -0.05) is 17.7 Å². The quantitative estimate of drug-likeness (QED) is 0.200. The van der Waals surface area contributed by atoms with Gasteiger partial charge >= 0.3 is 0 Å². The number of hydrogen-bond acceptors (Lipinski definition) is 4. The number of guanidine groups is 1. The van der Waals surface area contributed by atoms with Crippen LogP contribution in [0, 0.1) is 0 Å². The number of hydrogen-bond donors (Lipinski definition) is 2. The normalized spacial score (nSPS) is 21.2. The molecule has 1 aromatic rings. The molecule has 0 radical (unpaired) electrons. The fraction of sp³-hybridized carbons (Fsp3) is 0.667. The first kappa shape index (κ1) is 23.4. The Morgan fingerprint density at radius 3 is 2.58 bits per heavy atom. The third kappa shape index (κ3) is 8.83. The molecule has 6 nitrogen and oxygen atoms in total. The van der Waals surface area contributed by atoms with Gasteiger partial charge in [0.05, 0.1) is 12.2 Å². The Balaban J connectivity index is 0.00000338. The van der Waals surface area contributed by atoms with E-state index in [9.17, 15) is 0 Å². The molecular weight excluding hydrogens is 465 g/mol. The Bertz CT molecular complexity index is 533. The summed E-state index contributed by atoms with van der Waals surface area (Å²) in [7, 11) is 1.80. The third-order valence-corrected chi connectivity index (χ3v) is 4.38. The minimum atomic E-state index is 0. The van der Waals surface area contributed by atoms with Crippen molar-refractivity contribution in [1.29, 1.82) is 0 Å². The average Bonchev–Trinajstić information content (AvgIpc) is 2.58. The zero-order valence-corrected chi connectivity index (χ0v) is 19.0. The molecule has 2 unspecified atom stereocenters. The van der Waals surface area contributed by atoms with Crippen LogP contribution in [-0.2, 0) is 11.2 Å². The van der Waals surface area contributed by atoms with Crippen molar-refractivity contribution in [2.45, 2.75) is 38.9 Å². The van der Waals surface area contributed by atoms with Gasteiger partial charge in [-0.05, 0) is 38.3 Å². The fourth-order valence-electron chi connectivity index (χ4n) is 3.08. The Morgan fingerprint density at radius 1 is 1.27 bits per heavy atom. The van der Waals surface area contributed by atoms with Crippen LogP contribution in [0.15, 0.2) is 23.3 Å². The number of aromatic nitrogens is 1. The fourth-order valence-corrected chi connectivity index (χ4v) is 3.19. The van der Waals surface area contributed by atoms with E-state index in [0.717, 1.165) is 57.1 Å². The van der Waals surface area contributed by atoms with Gasteiger partial charge in [0.15, 0.2) is 5.96 Å². The molecule has 1 aliphatic rings. The standard InChI is InChI=1S/C18H30ClN5O.HI/c1-14-12-24(13-15(2)25-14)10-4-8-21-18(20-3)22-9-7-16-5-6-17(19)23-11-16;/h5-6,11,14-15H,4,7-10,12-13H2,1-3H3,(H2,20,21,22);1H. The Morgan fingerprint density at radius 2 is 1.96 bits per heavy atom. The maximum atomic E-state index is 5.80. The van der Waals surface area contributed by atoms with Crippen molar-refractivity contribution < 1.29 is 4.74 Å². The van der Waals surface area contributed by atoms with E-state index in [1.165, 1.54) is 0 Å². The van der Waals surface area contributed by atoms with E-state index >= 15 is 0 Å². The number of halogens is 2. The number of ether oxygens (including phenoxy) is 1. The van der Waals surface area contributed by atoms with Crippen LogP contribution in [-0.4, -0.2) is 67.8 Å². The molecule has 2 rings (SSSR count). The van der Waals surface area contributed by atoms with Crippen LogP contribution in [0.1, 0.15) is 25.8 Å². The predicted octanol–water partition coefficient (Wildman–Crippen LogP) is 2.56. The molecular formula is C18H31ClIN5O. The molecule has 2 heterocycles. The van der Waals surface area contributed by atoms with Gasteiger partial charge in [0.2, 0.25) is 0 Å². The van der Waals surface area contributed by atoms with E-state index in [2.05, 4.69) is 39.4 Å². The van der Waals surface area contributed by atoms with Gasteiger partial charge < -0.3 is 15.4 Å². The molecule has 2 N–H and O–H groups in total. The monoisotopic (exact) mass is 495 g/mol. The summed E-state index contributed by atoms with van der Waals surface area (Å²) in [4.78, 5) is 10.8. The van der Waals surface area contributed by atoms with Crippen LogP contribution in [0.5, 0.6) is 0 Å². The Kier molecular flexibility index (Phi) is 11.4. The van der Waals surface area contributed by atoms with Crippen molar-refractivity contribution in [3.8, 4) is 0 Å². The molecule has 1 fully saturated rings. The summed E-state index contributed by atoms with van der Waals surface area (Å²) >= 11 is 5.80. The number of nitrogens with one attached hydrogen (secondary N) is 2. The van der Waals surface area contributed by atoms with E-state index in [1.54, 1.807) is 7.05 Å². The van der Waals surface area contributed by atoms with Crippen LogP contribution >= 0.6 is 35.6 Å². The maximum absolute atomic E-state index is 5.80. The summed E-state index contributed by atoms with van der Waals surface area (Å²) in [5.41, 5.74) is 1.16. The Hall–Kier alpha value is -0.640. The molecule has 0 bridgehead atoms. The first-order valence-corrected chi connectivity index (χ1v) is 9.37. The van der Waals surface area contributed by atoms with Crippen molar-refractivity contribution in [2.75, 3.05) is 39.8 Å². The number of morpholine rings is 1. The van der Waals surface area contributed by atoms with Crippen molar-refractivity contribution in [1.82, 2.24) is 20.5 Å². The van der Waals surface area contributed by atoms with Crippen LogP contribution in [0.25, 0.3) is 0 Å². The van der Waals surface area contributed by atoms with Crippen LogP contribution < -0.4 is 10.6 Å². The number of nitrogens with zero attached hydrogens (tertiary/aromatic N) is 3. The summed E-state index contributed by atoms with van der Waals surface area (Å²) in [6, 6.07) is 3.81.